The van der Waals surface area contributed by atoms with Crippen molar-refractivity contribution < 1.29 is 27.4 Å². The third-order valence-corrected chi connectivity index (χ3v) is 4.04. The van der Waals surface area contributed by atoms with Gasteiger partial charge in [-0.15, -0.1) is 0 Å². The molecule has 0 atom stereocenters. The first-order valence-corrected chi connectivity index (χ1v) is 8.89. The highest BCUT2D eigenvalue weighted by Gasteiger charge is 2.29. The van der Waals surface area contributed by atoms with E-state index in [4.69, 9.17) is 21.1 Å². The van der Waals surface area contributed by atoms with Crippen LogP contribution in [-0.2, 0) is 11.2 Å². The first kappa shape index (κ1) is 21.9. The van der Waals surface area contributed by atoms with Gasteiger partial charge in [-0.3, -0.25) is 4.79 Å². The van der Waals surface area contributed by atoms with E-state index in [1.165, 1.54) is 18.2 Å². The summed E-state index contributed by atoms with van der Waals surface area (Å²) < 4.78 is 47.1. The summed E-state index contributed by atoms with van der Waals surface area (Å²) in [5.41, 5.74) is 0.291. The smallest absolute Gasteiger partial charge is 0.422 e. The molecule has 2 rings (SSSR count). The Morgan fingerprint density at radius 1 is 1.00 bits per heavy atom. The van der Waals surface area contributed by atoms with Crippen LogP contribution in [0.2, 0.25) is 5.02 Å². The molecule has 8 heteroatoms. The highest BCUT2D eigenvalue weighted by Crippen LogP contribution is 2.28. The Morgan fingerprint density at radius 2 is 1.57 bits per heavy atom. The fourth-order valence-corrected chi connectivity index (χ4v) is 2.77. The third-order valence-electron chi connectivity index (χ3n) is 3.67. The number of alkyl halides is 3. The van der Waals surface area contributed by atoms with E-state index in [1.807, 2.05) is 32.0 Å². The Hall–Kier alpha value is -2.41. The second-order valence-electron chi connectivity index (χ2n) is 6.84. The molecule has 0 bridgehead atoms. The molecule has 4 nitrogen and oxygen atoms in total. The minimum Gasteiger partial charge on any atom is -0.480 e. The number of carbonyl (C=O) groups is 1. The van der Waals surface area contributed by atoms with E-state index in [0.29, 0.717) is 11.4 Å². The summed E-state index contributed by atoms with van der Waals surface area (Å²) in [6.45, 7) is 1.88. The fourth-order valence-electron chi connectivity index (χ4n) is 2.57. The molecule has 0 aromatic heterocycles. The van der Waals surface area contributed by atoms with Crippen molar-refractivity contribution in [2.45, 2.75) is 32.0 Å². The maximum atomic E-state index is 12.3. The molecule has 152 valence electrons. The van der Waals surface area contributed by atoms with Crippen molar-refractivity contribution in [1.29, 1.82) is 0 Å². The highest BCUT2D eigenvalue weighted by molar-refractivity contribution is 6.31. The first-order valence-electron chi connectivity index (χ1n) is 8.51. The molecule has 0 heterocycles. The molecule has 0 aliphatic rings. The average molecular weight is 416 g/mol. The van der Waals surface area contributed by atoms with Crippen molar-refractivity contribution in [1.82, 2.24) is 5.32 Å². The van der Waals surface area contributed by atoms with Gasteiger partial charge in [0.25, 0.3) is 5.91 Å². The number of nitrogens with one attached hydrogen (secondary N) is 1. The Kier molecular flexibility index (Phi) is 7.18. The molecule has 0 unspecified atom stereocenters. The van der Waals surface area contributed by atoms with Crippen LogP contribution in [0, 0.1) is 0 Å². The van der Waals surface area contributed by atoms with Crippen LogP contribution in [0.1, 0.15) is 19.4 Å². The Balaban J connectivity index is 1.92. The predicted octanol–water partition coefficient (Wildman–Crippen LogP) is 4.80. The van der Waals surface area contributed by atoms with Gasteiger partial charge in [-0.2, -0.15) is 13.2 Å². The Labute approximate surface area is 166 Å². The van der Waals surface area contributed by atoms with Crippen molar-refractivity contribution in [3.8, 4) is 11.5 Å². The Morgan fingerprint density at radius 3 is 2.18 bits per heavy atom. The van der Waals surface area contributed by atoms with Crippen LogP contribution in [-0.4, -0.2) is 30.8 Å². The van der Waals surface area contributed by atoms with Crippen molar-refractivity contribution >= 4 is 17.5 Å². The van der Waals surface area contributed by atoms with Gasteiger partial charge in [-0.1, -0.05) is 41.9 Å². The van der Waals surface area contributed by atoms with Gasteiger partial charge in [0.1, 0.15) is 0 Å². The number of hydrogen-bond acceptors (Lipinski definition) is 3. The van der Waals surface area contributed by atoms with Crippen LogP contribution >= 0.6 is 11.6 Å². The zero-order valence-corrected chi connectivity index (χ0v) is 16.2. The van der Waals surface area contributed by atoms with Crippen molar-refractivity contribution in [2.75, 3.05) is 13.2 Å². The van der Waals surface area contributed by atoms with Gasteiger partial charge in [-0.05, 0) is 44.0 Å². The number of ether oxygens (including phenoxy) is 2. The number of amides is 1. The Bertz CT molecular complexity index is 809. The van der Waals surface area contributed by atoms with Crippen molar-refractivity contribution in [3.05, 3.63) is 59.1 Å². The lowest BCUT2D eigenvalue weighted by atomic mass is 9.95. The minimum atomic E-state index is -4.47. The van der Waals surface area contributed by atoms with Crippen LogP contribution in [0.3, 0.4) is 0 Å². The van der Waals surface area contributed by atoms with E-state index in [-0.39, 0.29) is 18.1 Å². The zero-order chi connectivity index (χ0) is 20.8. The molecule has 0 aliphatic carbocycles. The van der Waals surface area contributed by atoms with Gasteiger partial charge in [0.05, 0.1) is 0 Å². The van der Waals surface area contributed by atoms with Crippen molar-refractivity contribution in [2.24, 2.45) is 0 Å². The predicted molar refractivity (Wildman–Crippen MR) is 101 cm³/mol. The monoisotopic (exact) mass is 415 g/mol. The molecule has 2 aromatic rings. The summed E-state index contributed by atoms with van der Waals surface area (Å²) in [7, 11) is 0. The number of benzene rings is 2. The minimum absolute atomic E-state index is 0.0609. The summed E-state index contributed by atoms with van der Waals surface area (Å²) in [5, 5.41) is 3.44. The van der Waals surface area contributed by atoms with Gasteiger partial charge in [0, 0.05) is 10.6 Å². The molecule has 28 heavy (non-hydrogen) atoms. The third kappa shape index (κ3) is 7.31. The molecular weight excluding hydrogens is 395 g/mol. The second kappa shape index (κ2) is 9.19. The molecule has 0 spiro atoms. The van der Waals surface area contributed by atoms with Crippen LogP contribution < -0.4 is 14.8 Å². The van der Waals surface area contributed by atoms with Gasteiger partial charge in [0.2, 0.25) is 0 Å². The molecular formula is C20H21ClF3NO3. The van der Waals surface area contributed by atoms with Crippen molar-refractivity contribution in [3.63, 3.8) is 0 Å². The molecule has 1 N–H and O–H groups in total. The number of rotatable bonds is 8. The number of halogens is 4. The molecule has 0 saturated heterocycles. The van der Waals surface area contributed by atoms with Crippen LogP contribution in [0.25, 0.3) is 0 Å². The summed E-state index contributed by atoms with van der Waals surface area (Å²) in [6.07, 6.45) is -3.96. The average Bonchev–Trinajstić information content (AvgIpc) is 2.59. The maximum absolute atomic E-state index is 12.3. The van der Waals surface area contributed by atoms with E-state index < -0.39 is 24.2 Å². The summed E-state index contributed by atoms with van der Waals surface area (Å²) in [4.78, 5) is 12.2. The van der Waals surface area contributed by atoms with E-state index in [1.54, 1.807) is 12.1 Å². The largest absolute Gasteiger partial charge is 0.480 e. The molecule has 2 aromatic carbocycles. The molecule has 0 aliphatic heterocycles. The quantitative estimate of drug-likeness (QED) is 0.673. The van der Waals surface area contributed by atoms with E-state index >= 15 is 0 Å². The first-order chi connectivity index (χ1) is 13.1. The summed E-state index contributed by atoms with van der Waals surface area (Å²) >= 11 is 6.16. The molecule has 0 radical (unpaired) electrons. The molecule has 1 amide bonds. The lowest BCUT2D eigenvalue weighted by molar-refractivity contribution is -0.153. The fraction of sp³-hybridized carbons (Fsp3) is 0.350. The van der Waals surface area contributed by atoms with E-state index in [9.17, 15) is 18.0 Å². The SMILES string of the molecule is CC(C)(Cc1ccccc1Cl)NC(=O)COc1ccccc1OCC(F)(F)F. The van der Waals surface area contributed by atoms with Gasteiger partial charge in [0.15, 0.2) is 24.7 Å². The van der Waals surface area contributed by atoms with Gasteiger partial charge >= 0.3 is 6.18 Å². The topological polar surface area (TPSA) is 47.6 Å². The van der Waals surface area contributed by atoms with Gasteiger partial charge < -0.3 is 14.8 Å². The maximum Gasteiger partial charge on any atom is 0.422 e. The number of hydrogen-bond donors (Lipinski definition) is 1. The highest BCUT2D eigenvalue weighted by atomic mass is 35.5. The zero-order valence-electron chi connectivity index (χ0n) is 15.5. The van der Waals surface area contributed by atoms with Gasteiger partial charge in [-0.25, -0.2) is 0 Å². The van der Waals surface area contributed by atoms with Crippen LogP contribution in [0.5, 0.6) is 11.5 Å². The second-order valence-corrected chi connectivity index (χ2v) is 7.25. The number of para-hydroxylation sites is 2. The van der Waals surface area contributed by atoms with E-state index in [2.05, 4.69) is 5.32 Å². The number of carbonyl (C=O) groups excluding carboxylic acids is 1. The lowest BCUT2D eigenvalue weighted by Gasteiger charge is -2.27. The van der Waals surface area contributed by atoms with Crippen LogP contribution in [0.4, 0.5) is 13.2 Å². The molecule has 0 fully saturated rings. The summed E-state index contributed by atoms with van der Waals surface area (Å²) in [5.74, 6) is -0.434. The van der Waals surface area contributed by atoms with E-state index in [0.717, 1.165) is 5.56 Å². The normalized spacial score (nSPS) is 11.8. The lowest BCUT2D eigenvalue weighted by Crippen LogP contribution is -2.47. The standard InChI is InChI=1S/C20H21ClF3NO3/c1-19(2,11-14-7-3-4-8-15(14)21)25-18(26)12-27-16-9-5-6-10-17(16)28-13-20(22,23)24/h3-10H,11-13H2,1-2H3,(H,25,26). The summed E-state index contributed by atoms with van der Waals surface area (Å²) in [6, 6.07) is 13.2. The van der Waals surface area contributed by atoms with Crippen LogP contribution in [0.15, 0.2) is 48.5 Å². The molecule has 0 saturated carbocycles.